The maximum absolute atomic E-state index is 6.73. The van der Waals surface area contributed by atoms with E-state index in [2.05, 4.69) is 72.8 Å². The lowest BCUT2D eigenvalue weighted by atomic mass is 10.1. The summed E-state index contributed by atoms with van der Waals surface area (Å²) in [5.41, 5.74) is 3.53. The van der Waals surface area contributed by atoms with E-state index >= 15 is 0 Å². The summed E-state index contributed by atoms with van der Waals surface area (Å²) in [5, 5.41) is 2.34. The fraction of sp³-hybridized carbons (Fsp3) is 0.107. The molecule has 3 nitrogen and oxygen atoms in total. The molecule has 156 valence electrons. The second-order valence-corrected chi connectivity index (χ2v) is 9.80. The average Bonchev–Trinajstić information content (AvgIpc) is 3.42. The Morgan fingerprint density at radius 2 is 1.34 bits per heavy atom. The number of aliphatic imine (C=N–C) groups is 1. The monoisotopic (exact) mass is 435 g/mol. The Kier molecular flexibility index (Phi) is 4.97. The third kappa shape index (κ3) is 3.49. The largest absolute Gasteiger partial charge is 0.471 e. The summed E-state index contributed by atoms with van der Waals surface area (Å²) in [6, 6.07) is 37.5. The Balaban J connectivity index is 1.36. The Morgan fingerprint density at radius 1 is 0.719 bits per heavy atom. The minimum atomic E-state index is -1.02. The van der Waals surface area contributed by atoms with Crippen molar-refractivity contribution in [2.24, 2.45) is 4.99 Å². The summed E-state index contributed by atoms with van der Waals surface area (Å²) in [6.07, 6.45) is 0.970. The molecule has 4 aromatic carbocycles. The van der Waals surface area contributed by atoms with Crippen LogP contribution in [0.25, 0.3) is 0 Å². The molecular formula is C28H22NO2P. The van der Waals surface area contributed by atoms with E-state index in [1.807, 2.05) is 36.4 Å². The highest BCUT2D eigenvalue weighted by atomic mass is 31.1. The average molecular weight is 435 g/mol. The topological polar surface area (TPSA) is 30.8 Å². The van der Waals surface area contributed by atoms with Crippen molar-refractivity contribution in [3.05, 3.63) is 126 Å². The molecule has 0 fully saturated rings. The van der Waals surface area contributed by atoms with Gasteiger partial charge in [-0.2, -0.15) is 0 Å². The van der Waals surface area contributed by atoms with Crippen molar-refractivity contribution < 1.29 is 9.26 Å². The number of rotatable bonds is 5. The van der Waals surface area contributed by atoms with Crippen LogP contribution in [0.2, 0.25) is 0 Å². The molecule has 0 saturated carbocycles. The lowest BCUT2D eigenvalue weighted by Crippen LogP contribution is -2.17. The number of fused-ring (bicyclic) bond motifs is 3. The predicted octanol–water partition coefficient (Wildman–Crippen LogP) is 5.56. The van der Waals surface area contributed by atoms with Crippen molar-refractivity contribution >= 4 is 24.7 Å². The maximum atomic E-state index is 6.73. The predicted molar refractivity (Wildman–Crippen MR) is 130 cm³/mol. The summed E-state index contributed by atoms with van der Waals surface area (Å²) >= 11 is 0. The molecule has 0 saturated heterocycles. The van der Waals surface area contributed by atoms with Gasteiger partial charge in [-0.05, 0) is 23.3 Å². The van der Waals surface area contributed by atoms with Crippen molar-refractivity contribution in [2.75, 3.05) is 0 Å². The van der Waals surface area contributed by atoms with Crippen molar-refractivity contribution in [1.29, 1.82) is 0 Å². The van der Waals surface area contributed by atoms with Crippen molar-refractivity contribution in [2.45, 2.75) is 18.6 Å². The molecule has 0 aromatic heterocycles. The van der Waals surface area contributed by atoms with Crippen LogP contribution in [-0.2, 0) is 11.2 Å². The van der Waals surface area contributed by atoms with Crippen LogP contribution in [0.5, 0.6) is 5.75 Å². The van der Waals surface area contributed by atoms with Crippen LogP contribution in [-0.4, -0.2) is 12.0 Å². The van der Waals surface area contributed by atoms with Gasteiger partial charge in [0.1, 0.15) is 17.9 Å². The first-order valence-corrected chi connectivity index (χ1v) is 12.1. The molecule has 2 aliphatic rings. The van der Waals surface area contributed by atoms with Crippen molar-refractivity contribution in [3.63, 3.8) is 0 Å². The van der Waals surface area contributed by atoms with Gasteiger partial charge in [0.05, 0.1) is 5.56 Å². The Bertz CT molecular complexity index is 1230. The first kappa shape index (κ1) is 19.3. The highest BCUT2D eigenvalue weighted by molar-refractivity contribution is 7.68. The molecule has 32 heavy (non-hydrogen) atoms. The van der Waals surface area contributed by atoms with Crippen molar-refractivity contribution in [1.82, 2.24) is 0 Å². The first-order valence-electron chi connectivity index (χ1n) is 10.9. The van der Waals surface area contributed by atoms with Crippen LogP contribution < -0.4 is 15.1 Å². The molecule has 1 aliphatic heterocycles. The van der Waals surface area contributed by atoms with Crippen LogP contribution in [0.1, 0.15) is 22.7 Å². The standard InChI is InChI=1S/C28H22NO2P/c1-3-12-21(13-4-1)32(22-14-5-2-6-15-22)31-25-18-10-9-17-24(25)28-29-27-23-16-8-7-11-20(23)19-26(27)30-28/h1-18,26-27H,19H2/t26-,27+/m1/s1. The van der Waals surface area contributed by atoms with Crippen LogP contribution in [0.15, 0.2) is 114 Å². The van der Waals surface area contributed by atoms with Crippen LogP contribution in [0.3, 0.4) is 0 Å². The number of para-hydroxylation sites is 1. The molecule has 6 rings (SSSR count). The molecule has 0 amide bonds. The molecule has 0 bridgehead atoms. The second-order valence-electron chi connectivity index (χ2n) is 7.99. The highest BCUT2D eigenvalue weighted by Crippen LogP contribution is 2.43. The molecule has 2 atom stereocenters. The molecule has 0 radical (unpaired) electrons. The Morgan fingerprint density at radius 3 is 2.09 bits per heavy atom. The quantitative estimate of drug-likeness (QED) is 0.385. The van der Waals surface area contributed by atoms with Gasteiger partial charge in [-0.3, -0.25) is 0 Å². The van der Waals surface area contributed by atoms with Crippen molar-refractivity contribution in [3.8, 4) is 5.75 Å². The van der Waals surface area contributed by atoms with Gasteiger partial charge >= 0.3 is 0 Å². The Hall–Kier alpha value is -3.42. The summed E-state index contributed by atoms with van der Waals surface area (Å²) in [7, 11) is -1.02. The Labute approximate surface area is 189 Å². The van der Waals surface area contributed by atoms with Gasteiger partial charge in [0, 0.05) is 17.0 Å². The van der Waals surface area contributed by atoms with E-state index in [-0.39, 0.29) is 12.1 Å². The van der Waals surface area contributed by atoms with Gasteiger partial charge in [-0.1, -0.05) is 97.1 Å². The number of hydrogen-bond acceptors (Lipinski definition) is 3. The third-order valence-electron chi connectivity index (χ3n) is 5.95. The zero-order chi connectivity index (χ0) is 21.3. The number of benzene rings is 4. The van der Waals surface area contributed by atoms with Gasteiger partial charge < -0.3 is 9.26 Å². The molecule has 0 unspecified atom stereocenters. The third-order valence-corrected chi connectivity index (χ3v) is 7.87. The zero-order valence-corrected chi connectivity index (χ0v) is 18.4. The minimum absolute atomic E-state index is 0.0685. The van der Waals surface area contributed by atoms with Crippen LogP contribution >= 0.6 is 8.15 Å². The summed E-state index contributed by atoms with van der Waals surface area (Å²) in [4.78, 5) is 5.00. The SMILES string of the molecule is c1ccc(P(Oc2ccccc2C2=N[C@H]3c4ccccc4C[C@H]3O2)c2ccccc2)cc1. The second kappa shape index (κ2) is 8.26. The van der Waals surface area contributed by atoms with E-state index in [1.165, 1.54) is 21.7 Å². The van der Waals surface area contributed by atoms with E-state index in [1.54, 1.807) is 0 Å². The zero-order valence-electron chi connectivity index (χ0n) is 17.5. The van der Waals surface area contributed by atoms with E-state index in [4.69, 9.17) is 14.3 Å². The van der Waals surface area contributed by atoms with E-state index in [0.717, 1.165) is 17.7 Å². The summed E-state index contributed by atoms with van der Waals surface area (Å²) in [5.74, 6) is 1.49. The fourth-order valence-corrected chi connectivity index (χ4v) is 6.18. The number of hydrogen-bond donors (Lipinski definition) is 0. The first-order chi connectivity index (χ1) is 15.9. The van der Waals surface area contributed by atoms with E-state index in [9.17, 15) is 0 Å². The molecule has 4 heteroatoms. The summed E-state index contributed by atoms with van der Waals surface area (Å²) < 4.78 is 13.1. The molecule has 4 aromatic rings. The molecular weight excluding hydrogens is 413 g/mol. The van der Waals surface area contributed by atoms with Gasteiger partial charge in [-0.15, -0.1) is 0 Å². The molecule has 0 spiro atoms. The van der Waals surface area contributed by atoms with Gasteiger partial charge in [0.25, 0.3) is 0 Å². The van der Waals surface area contributed by atoms with Gasteiger partial charge in [-0.25, -0.2) is 4.99 Å². The smallest absolute Gasteiger partial charge is 0.221 e. The lowest BCUT2D eigenvalue weighted by molar-refractivity contribution is 0.206. The number of ether oxygens (including phenoxy) is 1. The summed E-state index contributed by atoms with van der Waals surface area (Å²) in [6.45, 7) is 0. The van der Waals surface area contributed by atoms with Gasteiger partial charge in [0.15, 0.2) is 8.15 Å². The molecule has 1 aliphatic carbocycles. The van der Waals surface area contributed by atoms with Gasteiger partial charge in [0.2, 0.25) is 5.90 Å². The normalized spacial score (nSPS) is 18.6. The van der Waals surface area contributed by atoms with E-state index < -0.39 is 8.15 Å². The maximum Gasteiger partial charge on any atom is 0.221 e. The van der Waals surface area contributed by atoms with E-state index in [0.29, 0.717) is 5.90 Å². The van der Waals surface area contributed by atoms with Crippen LogP contribution in [0, 0.1) is 0 Å². The lowest BCUT2D eigenvalue weighted by Gasteiger charge is -2.21. The van der Waals surface area contributed by atoms with Crippen LogP contribution in [0.4, 0.5) is 0 Å². The molecule has 0 N–H and O–H groups in total. The number of nitrogens with zero attached hydrogens (tertiary/aromatic N) is 1. The fourth-order valence-electron chi connectivity index (χ4n) is 4.43. The minimum Gasteiger partial charge on any atom is -0.471 e. The highest BCUT2D eigenvalue weighted by Gasteiger charge is 2.40. The molecule has 1 heterocycles.